The van der Waals surface area contributed by atoms with Crippen LogP contribution in [0.25, 0.3) is 11.0 Å². The molecule has 0 bridgehead atoms. The summed E-state index contributed by atoms with van der Waals surface area (Å²) in [4.78, 5) is 4.18. The average molecular weight is 220 g/mol. The normalized spacial score (nSPS) is 9.19. The summed E-state index contributed by atoms with van der Waals surface area (Å²) in [5.74, 6) is 0.833. The maximum atomic E-state index is 4.18. The maximum Gasteiger partial charge on any atom is 0.0880 e. The number of rotatable bonds is 0. The fraction of sp³-hybridized carbons (Fsp3) is 0.500. The Kier molecular flexibility index (Phi) is 7.27. The lowest BCUT2D eigenvalue weighted by molar-refractivity contribution is 0.737. The van der Waals surface area contributed by atoms with Gasteiger partial charge in [-0.25, -0.2) is 0 Å². The van der Waals surface area contributed by atoms with Gasteiger partial charge in [0.1, 0.15) is 0 Å². The highest BCUT2D eigenvalue weighted by atomic mass is 14.9. The SMILES string of the molecule is CC.CC(C)C.Cn1ccc2ncccc21. The summed E-state index contributed by atoms with van der Waals surface area (Å²) in [7, 11) is 2.02. The van der Waals surface area contributed by atoms with Crippen molar-refractivity contribution in [2.75, 3.05) is 0 Å². The van der Waals surface area contributed by atoms with Gasteiger partial charge in [-0.1, -0.05) is 34.6 Å². The molecule has 0 saturated heterocycles. The van der Waals surface area contributed by atoms with Crippen LogP contribution in [0.1, 0.15) is 34.6 Å². The molecule has 0 radical (unpaired) electrons. The van der Waals surface area contributed by atoms with Crippen LogP contribution >= 0.6 is 0 Å². The third-order valence-electron chi connectivity index (χ3n) is 1.65. The predicted molar refractivity (Wildman–Crippen MR) is 72.6 cm³/mol. The van der Waals surface area contributed by atoms with E-state index in [2.05, 4.69) is 36.4 Å². The summed E-state index contributed by atoms with van der Waals surface area (Å²) < 4.78 is 2.06. The highest BCUT2D eigenvalue weighted by Gasteiger charge is 1.93. The first-order chi connectivity index (χ1) is 7.61. The van der Waals surface area contributed by atoms with Gasteiger partial charge >= 0.3 is 0 Å². The first-order valence-corrected chi connectivity index (χ1v) is 5.97. The second-order valence-corrected chi connectivity index (χ2v) is 4.07. The van der Waals surface area contributed by atoms with Gasteiger partial charge in [0.15, 0.2) is 0 Å². The molecule has 0 aliphatic rings. The minimum atomic E-state index is 0.833. The monoisotopic (exact) mass is 220 g/mol. The van der Waals surface area contributed by atoms with E-state index in [9.17, 15) is 0 Å². The first-order valence-electron chi connectivity index (χ1n) is 5.97. The van der Waals surface area contributed by atoms with E-state index in [0.717, 1.165) is 11.4 Å². The Morgan fingerprint density at radius 2 is 1.69 bits per heavy atom. The smallest absolute Gasteiger partial charge is 0.0880 e. The zero-order valence-electron chi connectivity index (χ0n) is 11.4. The fourth-order valence-corrected chi connectivity index (χ4v) is 1.10. The van der Waals surface area contributed by atoms with Crippen molar-refractivity contribution >= 4 is 11.0 Å². The van der Waals surface area contributed by atoms with Crippen molar-refractivity contribution in [3.63, 3.8) is 0 Å². The summed E-state index contributed by atoms with van der Waals surface area (Å²) >= 11 is 0. The maximum absolute atomic E-state index is 4.18. The van der Waals surface area contributed by atoms with Crippen molar-refractivity contribution in [1.82, 2.24) is 9.55 Å². The summed E-state index contributed by atoms with van der Waals surface area (Å²) in [6, 6.07) is 6.01. The zero-order valence-corrected chi connectivity index (χ0v) is 11.4. The van der Waals surface area contributed by atoms with E-state index in [1.165, 1.54) is 5.52 Å². The van der Waals surface area contributed by atoms with Crippen molar-refractivity contribution in [2.24, 2.45) is 13.0 Å². The number of hydrogen-bond acceptors (Lipinski definition) is 1. The van der Waals surface area contributed by atoms with E-state index in [0.29, 0.717) is 0 Å². The molecule has 2 nitrogen and oxygen atoms in total. The molecule has 0 atom stereocenters. The Labute approximate surface area is 99.3 Å². The number of nitrogens with zero attached hydrogens (tertiary/aromatic N) is 2. The lowest BCUT2D eigenvalue weighted by atomic mass is 10.3. The molecule has 0 spiro atoms. The lowest BCUT2D eigenvalue weighted by Gasteiger charge is -1.91. The molecule has 0 N–H and O–H groups in total. The second-order valence-electron chi connectivity index (χ2n) is 4.07. The van der Waals surface area contributed by atoms with Crippen molar-refractivity contribution < 1.29 is 0 Å². The van der Waals surface area contributed by atoms with E-state index in [1.807, 2.05) is 45.4 Å². The van der Waals surface area contributed by atoms with E-state index < -0.39 is 0 Å². The van der Waals surface area contributed by atoms with Crippen LogP contribution in [0.3, 0.4) is 0 Å². The quantitative estimate of drug-likeness (QED) is 0.648. The molecule has 0 aliphatic heterocycles. The van der Waals surface area contributed by atoms with E-state index >= 15 is 0 Å². The Morgan fingerprint density at radius 1 is 1.12 bits per heavy atom. The van der Waals surface area contributed by atoms with Crippen LogP contribution in [0.15, 0.2) is 30.6 Å². The van der Waals surface area contributed by atoms with Gasteiger partial charge in [-0.3, -0.25) is 4.98 Å². The van der Waals surface area contributed by atoms with Crippen molar-refractivity contribution in [3.8, 4) is 0 Å². The molecule has 2 heteroatoms. The number of fused-ring (bicyclic) bond motifs is 1. The van der Waals surface area contributed by atoms with Crippen molar-refractivity contribution in [2.45, 2.75) is 34.6 Å². The van der Waals surface area contributed by atoms with E-state index in [4.69, 9.17) is 0 Å². The Bertz CT molecular complexity index is 386. The minimum Gasteiger partial charge on any atom is -0.349 e. The molecular weight excluding hydrogens is 196 g/mol. The Balaban J connectivity index is 0.000000323. The molecule has 0 fully saturated rings. The van der Waals surface area contributed by atoms with Crippen LogP contribution in [0.2, 0.25) is 0 Å². The van der Waals surface area contributed by atoms with Gasteiger partial charge in [-0.2, -0.15) is 0 Å². The van der Waals surface area contributed by atoms with Crippen LogP contribution in [-0.2, 0) is 7.05 Å². The lowest BCUT2D eigenvalue weighted by Crippen LogP contribution is -1.82. The summed E-state index contributed by atoms with van der Waals surface area (Å²) in [5, 5.41) is 0. The third-order valence-corrected chi connectivity index (χ3v) is 1.65. The summed E-state index contributed by atoms with van der Waals surface area (Å²) in [6.45, 7) is 10.5. The number of pyridine rings is 1. The molecule has 0 aliphatic carbocycles. The van der Waals surface area contributed by atoms with Gasteiger partial charge in [0, 0.05) is 19.4 Å². The number of hydrogen-bond donors (Lipinski definition) is 0. The molecule has 90 valence electrons. The molecule has 0 amide bonds. The predicted octanol–water partition coefficient (Wildman–Crippen LogP) is 4.26. The van der Waals surface area contributed by atoms with Crippen LogP contribution in [0.5, 0.6) is 0 Å². The molecule has 0 saturated carbocycles. The molecule has 16 heavy (non-hydrogen) atoms. The van der Waals surface area contributed by atoms with Gasteiger partial charge < -0.3 is 4.57 Å². The van der Waals surface area contributed by atoms with Gasteiger partial charge in [-0.15, -0.1) is 0 Å². The van der Waals surface area contributed by atoms with E-state index in [-0.39, 0.29) is 0 Å². The molecule has 2 rings (SSSR count). The van der Waals surface area contributed by atoms with Crippen LogP contribution in [-0.4, -0.2) is 9.55 Å². The van der Waals surface area contributed by atoms with Crippen molar-refractivity contribution in [1.29, 1.82) is 0 Å². The van der Waals surface area contributed by atoms with Gasteiger partial charge in [0.05, 0.1) is 11.0 Å². The number of aryl methyl sites for hydroxylation is 1. The summed E-state index contributed by atoms with van der Waals surface area (Å²) in [5.41, 5.74) is 2.24. The highest BCUT2D eigenvalue weighted by Crippen LogP contribution is 2.09. The van der Waals surface area contributed by atoms with Crippen LogP contribution < -0.4 is 0 Å². The Hall–Kier alpha value is -1.31. The standard InChI is InChI=1S/C8H8N2.C4H10.C2H6/c1-10-6-4-7-8(10)3-2-5-9-7;1-4(2)3;1-2/h2-6H,1H3;4H,1-3H3;1-2H3. The Morgan fingerprint density at radius 3 is 2.19 bits per heavy atom. The molecule has 0 unspecified atom stereocenters. The first kappa shape index (κ1) is 14.7. The minimum absolute atomic E-state index is 0.833. The largest absolute Gasteiger partial charge is 0.349 e. The van der Waals surface area contributed by atoms with Crippen molar-refractivity contribution in [3.05, 3.63) is 30.6 Å². The molecule has 2 aromatic heterocycles. The summed E-state index contributed by atoms with van der Waals surface area (Å²) in [6.07, 6.45) is 3.82. The third kappa shape index (κ3) is 4.96. The van der Waals surface area contributed by atoms with Crippen LogP contribution in [0, 0.1) is 5.92 Å². The van der Waals surface area contributed by atoms with Gasteiger partial charge in [0.2, 0.25) is 0 Å². The molecule has 0 aromatic carbocycles. The highest BCUT2D eigenvalue weighted by molar-refractivity contribution is 5.74. The molecule has 2 aromatic rings. The molecular formula is C14H24N2. The average Bonchev–Trinajstić information content (AvgIpc) is 2.64. The zero-order chi connectivity index (χ0) is 12.6. The topological polar surface area (TPSA) is 17.8 Å². The second kappa shape index (κ2) is 7.91. The van der Waals surface area contributed by atoms with E-state index in [1.54, 1.807) is 0 Å². The molecule has 2 heterocycles. The fourth-order valence-electron chi connectivity index (χ4n) is 1.10. The number of aromatic nitrogens is 2. The van der Waals surface area contributed by atoms with Gasteiger partial charge in [-0.05, 0) is 24.1 Å². The van der Waals surface area contributed by atoms with Crippen LogP contribution in [0.4, 0.5) is 0 Å². The van der Waals surface area contributed by atoms with Gasteiger partial charge in [0.25, 0.3) is 0 Å².